The standard InChI is InChI=1S/C15H22BrNO3S.ClH/c1-10(2)21(18,19)17-7-13(8-17)9-20-14-5-11(3)15(16)12(4)6-14;/h5-6,10,13H,7-9H2,1-4H3;1H. The van der Waals surface area contributed by atoms with E-state index in [1.54, 1.807) is 18.2 Å². The largest absolute Gasteiger partial charge is 0.493 e. The molecule has 1 aliphatic rings. The molecule has 126 valence electrons. The van der Waals surface area contributed by atoms with Crippen molar-refractivity contribution in [2.45, 2.75) is 32.9 Å². The summed E-state index contributed by atoms with van der Waals surface area (Å²) in [4.78, 5) is 0. The summed E-state index contributed by atoms with van der Waals surface area (Å²) in [5.74, 6) is 1.13. The van der Waals surface area contributed by atoms with E-state index in [9.17, 15) is 8.42 Å². The van der Waals surface area contributed by atoms with Crippen LogP contribution in [0.25, 0.3) is 0 Å². The highest BCUT2D eigenvalue weighted by Crippen LogP contribution is 2.28. The molecular weight excluding hydrogens is 390 g/mol. The summed E-state index contributed by atoms with van der Waals surface area (Å²) in [7, 11) is -3.10. The van der Waals surface area contributed by atoms with Gasteiger partial charge in [0.25, 0.3) is 0 Å². The van der Waals surface area contributed by atoms with Crippen LogP contribution in [0.2, 0.25) is 0 Å². The molecule has 0 amide bonds. The Labute approximate surface area is 147 Å². The van der Waals surface area contributed by atoms with Crippen molar-refractivity contribution < 1.29 is 13.2 Å². The highest BCUT2D eigenvalue weighted by molar-refractivity contribution is 9.10. The van der Waals surface area contributed by atoms with Gasteiger partial charge in [-0.1, -0.05) is 15.9 Å². The first kappa shape index (κ1) is 19.7. The molecule has 4 nitrogen and oxygen atoms in total. The summed E-state index contributed by atoms with van der Waals surface area (Å²) in [5, 5.41) is -0.351. The maximum atomic E-state index is 11.9. The molecule has 2 rings (SSSR count). The van der Waals surface area contributed by atoms with Crippen molar-refractivity contribution in [3.63, 3.8) is 0 Å². The first-order valence-corrected chi connectivity index (χ1v) is 9.40. The normalized spacial score (nSPS) is 16.3. The third-order valence-corrected chi connectivity index (χ3v) is 7.24. The van der Waals surface area contributed by atoms with Gasteiger partial charge in [-0.3, -0.25) is 0 Å². The van der Waals surface area contributed by atoms with Gasteiger partial charge in [0.1, 0.15) is 5.75 Å². The number of aryl methyl sites for hydroxylation is 2. The average Bonchev–Trinajstić information content (AvgIpc) is 2.33. The van der Waals surface area contributed by atoms with Crippen LogP contribution in [-0.2, 0) is 10.0 Å². The van der Waals surface area contributed by atoms with Gasteiger partial charge < -0.3 is 4.74 Å². The quantitative estimate of drug-likeness (QED) is 0.743. The zero-order valence-corrected chi connectivity index (χ0v) is 16.5. The van der Waals surface area contributed by atoms with Gasteiger partial charge >= 0.3 is 0 Å². The molecule has 0 atom stereocenters. The number of benzene rings is 1. The van der Waals surface area contributed by atoms with Crippen LogP contribution >= 0.6 is 28.3 Å². The van der Waals surface area contributed by atoms with Crippen molar-refractivity contribution in [2.24, 2.45) is 5.92 Å². The Morgan fingerprint density at radius 1 is 1.27 bits per heavy atom. The molecule has 1 fully saturated rings. The molecule has 0 N–H and O–H groups in total. The predicted octanol–water partition coefficient (Wildman–Crippen LogP) is 3.54. The van der Waals surface area contributed by atoms with Crippen molar-refractivity contribution in [1.82, 2.24) is 4.31 Å². The first-order valence-electron chi connectivity index (χ1n) is 7.10. The molecule has 1 heterocycles. The summed E-state index contributed by atoms with van der Waals surface area (Å²) in [5.41, 5.74) is 2.28. The van der Waals surface area contributed by atoms with Crippen LogP contribution < -0.4 is 4.74 Å². The Hall–Kier alpha value is -0.300. The minimum absolute atomic E-state index is 0. The number of sulfonamides is 1. The number of hydrogen-bond acceptors (Lipinski definition) is 3. The third kappa shape index (κ3) is 4.16. The molecule has 1 saturated heterocycles. The van der Waals surface area contributed by atoms with Crippen LogP contribution in [0.5, 0.6) is 5.75 Å². The molecule has 0 unspecified atom stereocenters. The summed E-state index contributed by atoms with van der Waals surface area (Å²) < 4.78 is 32.3. The van der Waals surface area contributed by atoms with Gasteiger partial charge in [0.2, 0.25) is 10.0 Å². The Balaban J connectivity index is 0.00000242. The second-order valence-corrected chi connectivity index (χ2v) is 9.24. The van der Waals surface area contributed by atoms with Gasteiger partial charge in [0.05, 0.1) is 11.9 Å². The van der Waals surface area contributed by atoms with E-state index in [4.69, 9.17) is 4.74 Å². The van der Waals surface area contributed by atoms with Gasteiger partial charge in [-0.05, 0) is 51.0 Å². The van der Waals surface area contributed by atoms with E-state index in [2.05, 4.69) is 15.9 Å². The third-order valence-electron chi connectivity index (χ3n) is 3.77. The van der Waals surface area contributed by atoms with Crippen LogP contribution in [0.1, 0.15) is 25.0 Å². The number of ether oxygens (including phenoxy) is 1. The maximum Gasteiger partial charge on any atom is 0.216 e. The Morgan fingerprint density at radius 2 is 1.77 bits per heavy atom. The van der Waals surface area contributed by atoms with Crippen LogP contribution in [0.3, 0.4) is 0 Å². The molecule has 1 aliphatic heterocycles. The lowest BCUT2D eigenvalue weighted by atomic mass is 10.1. The van der Waals surface area contributed by atoms with Crippen molar-refractivity contribution in [1.29, 1.82) is 0 Å². The van der Waals surface area contributed by atoms with Crippen molar-refractivity contribution in [3.05, 3.63) is 27.7 Å². The summed E-state index contributed by atoms with van der Waals surface area (Å²) in [6.45, 7) is 9.18. The molecule has 7 heteroatoms. The number of rotatable bonds is 5. The summed E-state index contributed by atoms with van der Waals surface area (Å²) >= 11 is 3.53. The van der Waals surface area contributed by atoms with Gasteiger partial charge in [-0.2, -0.15) is 0 Å². The fourth-order valence-electron chi connectivity index (χ4n) is 2.34. The predicted molar refractivity (Wildman–Crippen MR) is 95.5 cm³/mol. The van der Waals surface area contributed by atoms with Crippen LogP contribution in [0.15, 0.2) is 16.6 Å². The Kier molecular flexibility index (Phi) is 6.74. The molecule has 0 aliphatic carbocycles. The Bertz CT molecular complexity index is 605. The molecule has 0 saturated carbocycles. The van der Waals surface area contributed by atoms with E-state index in [1.165, 1.54) is 0 Å². The fraction of sp³-hybridized carbons (Fsp3) is 0.600. The smallest absolute Gasteiger partial charge is 0.216 e. The molecule has 0 radical (unpaired) electrons. The highest BCUT2D eigenvalue weighted by Gasteiger charge is 2.37. The Morgan fingerprint density at radius 3 is 2.23 bits per heavy atom. The maximum absolute atomic E-state index is 11.9. The van der Waals surface area contributed by atoms with Gasteiger partial charge in [-0.25, -0.2) is 12.7 Å². The monoisotopic (exact) mass is 411 g/mol. The van der Waals surface area contributed by atoms with Gasteiger partial charge in [0.15, 0.2) is 0 Å². The minimum atomic E-state index is -3.10. The van der Waals surface area contributed by atoms with Gasteiger partial charge in [-0.15, -0.1) is 12.4 Å². The lowest BCUT2D eigenvalue weighted by Crippen LogP contribution is -2.53. The zero-order valence-electron chi connectivity index (χ0n) is 13.3. The van der Waals surface area contributed by atoms with E-state index in [1.807, 2.05) is 26.0 Å². The molecule has 1 aromatic carbocycles. The molecule has 0 bridgehead atoms. The summed E-state index contributed by atoms with van der Waals surface area (Å²) in [6.07, 6.45) is 0. The molecule has 0 aromatic heterocycles. The van der Waals surface area contributed by atoms with Crippen LogP contribution in [0.4, 0.5) is 0 Å². The van der Waals surface area contributed by atoms with Gasteiger partial charge in [0, 0.05) is 23.5 Å². The van der Waals surface area contributed by atoms with E-state index < -0.39 is 10.0 Å². The lowest BCUT2D eigenvalue weighted by molar-refractivity contribution is 0.129. The molecule has 1 aromatic rings. The number of halogens is 2. The number of nitrogens with zero attached hydrogens (tertiary/aromatic N) is 1. The van der Waals surface area contributed by atoms with Crippen molar-refractivity contribution in [2.75, 3.05) is 19.7 Å². The second-order valence-electron chi connectivity index (χ2n) is 5.96. The van der Waals surface area contributed by atoms with Crippen molar-refractivity contribution in [3.8, 4) is 5.75 Å². The van der Waals surface area contributed by atoms with E-state index in [-0.39, 0.29) is 23.6 Å². The van der Waals surface area contributed by atoms with Crippen LogP contribution in [-0.4, -0.2) is 37.7 Å². The van der Waals surface area contributed by atoms with E-state index in [0.717, 1.165) is 21.3 Å². The van der Waals surface area contributed by atoms with E-state index >= 15 is 0 Å². The minimum Gasteiger partial charge on any atom is -0.493 e. The van der Waals surface area contributed by atoms with E-state index in [0.29, 0.717) is 19.7 Å². The van der Waals surface area contributed by atoms with Crippen molar-refractivity contribution >= 4 is 38.4 Å². The fourth-order valence-corrected chi connectivity index (χ4v) is 4.00. The van der Waals surface area contributed by atoms with Crippen LogP contribution in [0, 0.1) is 19.8 Å². The summed E-state index contributed by atoms with van der Waals surface area (Å²) in [6, 6.07) is 4.00. The lowest BCUT2D eigenvalue weighted by Gasteiger charge is -2.38. The highest BCUT2D eigenvalue weighted by atomic mass is 79.9. The average molecular weight is 413 g/mol. The molecular formula is C15H23BrClNO3S. The molecule has 0 spiro atoms. The first-order chi connectivity index (χ1) is 9.71. The number of hydrogen-bond donors (Lipinski definition) is 0. The second kappa shape index (κ2) is 7.51. The zero-order chi connectivity index (χ0) is 15.8. The molecule has 22 heavy (non-hydrogen) atoms. The topological polar surface area (TPSA) is 46.6 Å². The SMILES string of the molecule is Cc1cc(OCC2CN(S(=O)(=O)C(C)C)C2)cc(C)c1Br.Cl.